The van der Waals surface area contributed by atoms with Gasteiger partial charge in [-0.1, -0.05) is 12.8 Å². The lowest BCUT2D eigenvalue weighted by molar-refractivity contribution is -0.156. The molecule has 0 aromatic heterocycles. The van der Waals surface area contributed by atoms with E-state index in [1.54, 1.807) is 7.11 Å². The molecule has 5 nitrogen and oxygen atoms in total. The molecule has 0 aliphatic heterocycles. The summed E-state index contributed by atoms with van der Waals surface area (Å²) < 4.78 is 15.5. The van der Waals surface area contributed by atoms with E-state index in [2.05, 4.69) is 0 Å². The number of carbonyl (C=O) groups is 1. The third-order valence-electron chi connectivity index (χ3n) is 3.48. The minimum atomic E-state index is -0.421. The third-order valence-corrected chi connectivity index (χ3v) is 3.48. The fourth-order valence-electron chi connectivity index (χ4n) is 2.30. The molecule has 0 radical (unpaired) electrons. The van der Waals surface area contributed by atoms with E-state index in [9.17, 15) is 4.79 Å². The predicted molar refractivity (Wildman–Crippen MR) is 68.2 cm³/mol. The van der Waals surface area contributed by atoms with Crippen LogP contribution in [0.4, 0.5) is 0 Å². The van der Waals surface area contributed by atoms with Crippen LogP contribution in [-0.2, 0) is 19.0 Å². The molecule has 0 atom stereocenters. The molecule has 0 bridgehead atoms. The maximum atomic E-state index is 12.0. The minimum absolute atomic E-state index is 0.150. The first kappa shape index (κ1) is 15.4. The van der Waals surface area contributed by atoms with E-state index in [1.807, 2.05) is 0 Å². The van der Waals surface area contributed by atoms with Crippen LogP contribution in [0, 0.1) is 5.41 Å². The summed E-state index contributed by atoms with van der Waals surface area (Å²) in [6.45, 7) is 2.47. The Morgan fingerprint density at radius 3 is 2.50 bits per heavy atom. The maximum absolute atomic E-state index is 12.0. The smallest absolute Gasteiger partial charge is 0.313 e. The molecular formula is C13H25NO4. The third kappa shape index (κ3) is 4.55. The average Bonchev–Trinajstić information content (AvgIpc) is 2.87. The van der Waals surface area contributed by atoms with Gasteiger partial charge in [0.25, 0.3) is 0 Å². The van der Waals surface area contributed by atoms with E-state index >= 15 is 0 Å². The minimum Gasteiger partial charge on any atom is -0.463 e. The highest BCUT2D eigenvalue weighted by atomic mass is 16.6. The Morgan fingerprint density at radius 1 is 1.17 bits per heavy atom. The van der Waals surface area contributed by atoms with Crippen molar-refractivity contribution in [1.82, 2.24) is 0 Å². The summed E-state index contributed by atoms with van der Waals surface area (Å²) >= 11 is 0. The van der Waals surface area contributed by atoms with Crippen LogP contribution in [0.2, 0.25) is 0 Å². The van der Waals surface area contributed by atoms with Crippen molar-refractivity contribution in [3.63, 3.8) is 0 Å². The number of hydrogen-bond donors (Lipinski definition) is 1. The van der Waals surface area contributed by atoms with Crippen molar-refractivity contribution >= 4 is 5.97 Å². The van der Waals surface area contributed by atoms with E-state index in [-0.39, 0.29) is 5.97 Å². The number of rotatable bonds is 9. The molecule has 1 aliphatic carbocycles. The standard InChI is InChI=1S/C13H25NO4/c1-16-7-4-8-17-9-10-18-12(15)13(11-14)5-2-3-6-13/h2-11,14H2,1H3. The average molecular weight is 259 g/mol. The fourth-order valence-corrected chi connectivity index (χ4v) is 2.30. The van der Waals surface area contributed by atoms with Crippen molar-refractivity contribution in [3.8, 4) is 0 Å². The molecule has 1 aliphatic rings. The number of hydrogen-bond acceptors (Lipinski definition) is 5. The number of carbonyl (C=O) groups excluding carboxylic acids is 1. The van der Waals surface area contributed by atoms with Crippen molar-refractivity contribution in [2.24, 2.45) is 11.1 Å². The molecule has 106 valence electrons. The molecule has 0 amide bonds. The second-order valence-corrected chi connectivity index (χ2v) is 4.79. The number of esters is 1. The highest BCUT2D eigenvalue weighted by Gasteiger charge is 2.41. The van der Waals surface area contributed by atoms with E-state index in [1.165, 1.54) is 0 Å². The summed E-state index contributed by atoms with van der Waals surface area (Å²) in [7, 11) is 1.66. The van der Waals surface area contributed by atoms with Crippen molar-refractivity contribution in [3.05, 3.63) is 0 Å². The lowest BCUT2D eigenvalue weighted by Crippen LogP contribution is -2.38. The van der Waals surface area contributed by atoms with Gasteiger partial charge in [-0.25, -0.2) is 0 Å². The lowest BCUT2D eigenvalue weighted by Gasteiger charge is -2.24. The van der Waals surface area contributed by atoms with Gasteiger partial charge in [-0.2, -0.15) is 0 Å². The molecule has 0 unspecified atom stereocenters. The molecule has 1 fully saturated rings. The van der Waals surface area contributed by atoms with Crippen LogP contribution in [0.15, 0.2) is 0 Å². The van der Waals surface area contributed by atoms with Gasteiger partial charge in [-0.3, -0.25) is 4.79 Å². The fraction of sp³-hybridized carbons (Fsp3) is 0.923. The van der Waals surface area contributed by atoms with Crippen LogP contribution < -0.4 is 5.73 Å². The molecule has 0 saturated heterocycles. The topological polar surface area (TPSA) is 70.8 Å². The van der Waals surface area contributed by atoms with Crippen LogP contribution in [0.3, 0.4) is 0 Å². The zero-order chi connectivity index (χ0) is 13.3. The Labute approximate surface area is 109 Å². The first-order valence-corrected chi connectivity index (χ1v) is 6.69. The molecule has 2 N–H and O–H groups in total. The van der Waals surface area contributed by atoms with Gasteiger partial charge in [0.05, 0.1) is 12.0 Å². The SMILES string of the molecule is COCCCOCCOC(=O)C1(CN)CCCC1. The number of nitrogens with two attached hydrogens (primary N) is 1. The van der Waals surface area contributed by atoms with Gasteiger partial charge < -0.3 is 19.9 Å². The second-order valence-electron chi connectivity index (χ2n) is 4.79. The van der Waals surface area contributed by atoms with Crippen molar-refractivity contribution < 1.29 is 19.0 Å². The Hall–Kier alpha value is -0.650. The van der Waals surface area contributed by atoms with Crippen LogP contribution in [0.25, 0.3) is 0 Å². The van der Waals surface area contributed by atoms with Crippen molar-refractivity contribution in [1.29, 1.82) is 0 Å². The quantitative estimate of drug-likeness (QED) is 0.496. The van der Waals surface area contributed by atoms with Crippen LogP contribution in [0.5, 0.6) is 0 Å². The van der Waals surface area contributed by atoms with Gasteiger partial charge >= 0.3 is 5.97 Å². The van der Waals surface area contributed by atoms with Crippen LogP contribution in [0.1, 0.15) is 32.1 Å². The first-order valence-electron chi connectivity index (χ1n) is 6.69. The van der Waals surface area contributed by atoms with E-state index in [0.717, 1.165) is 32.1 Å². The van der Waals surface area contributed by atoms with E-state index < -0.39 is 5.41 Å². The summed E-state index contributed by atoms with van der Waals surface area (Å²) in [5, 5.41) is 0. The van der Waals surface area contributed by atoms with Gasteiger partial charge in [0.15, 0.2) is 0 Å². The van der Waals surface area contributed by atoms with Crippen LogP contribution >= 0.6 is 0 Å². The predicted octanol–water partition coefficient (Wildman–Crippen LogP) is 1.10. The van der Waals surface area contributed by atoms with Crippen molar-refractivity contribution in [2.45, 2.75) is 32.1 Å². The van der Waals surface area contributed by atoms with Gasteiger partial charge in [-0.15, -0.1) is 0 Å². The summed E-state index contributed by atoms with van der Waals surface area (Å²) in [5.74, 6) is -0.150. The van der Waals surface area contributed by atoms with Gasteiger partial charge in [0, 0.05) is 26.9 Å². The van der Waals surface area contributed by atoms with E-state index in [4.69, 9.17) is 19.9 Å². The monoisotopic (exact) mass is 259 g/mol. The van der Waals surface area contributed by atoms with Crippen molar-refractivity contribution in [2.75, 3.05) is 40.1 Å². The van der Waals surface area contributed by atoms with Crippen LogP contribution in [-0.4, -0.2) is 46.1 Å². The molecule has 18 heavy (non-hydrogen) atoms. The largest absolute Gasteiger partial charge is 0.463 e. The zero-order valence-electron chi connectivity index (χ0n) is 11.3. The van der Waals surface area contributed by atoms with E-state index in [0.29, 0.717) is 33.0 Å². The maximum Gasteiger partial charge on any atom is 0.313 e. The lowest BCUT2D eigenvalue weighted by atomic mass is 9.86. The Kier molecular flexibility index (Phi) is 7.23. The molecule has 1 rings (SSSR count). The highest BCUT2D eigenvalue weighted by molar-refractivity contribution is 5.77. The summed E-state index contributed by atoms with van der Waals surface area (Å²) in [6.07, 6.45) is 4.71. The molecule has 1 saturated carbocycles. The molecular weight excluding hydrogens is 234 g/mol. The van der Waals surface area contributed by atoms with Gasteiger partial charge in [0.2, 0.25) is 0 Å². The second kappa shape index (κ2) is 8.45. The normalized spacial score (nSPS) is 17.9. The van der Waals surface area contributed by atoms with Gasteiger partial charge in [-0.05, 0) is 19.3 Å². The highest BCUT2D eigenvalue weighted by Crippen LogP contribution is 2.38. The molecule has 0 aromatic carbocycles. The molecule has 5 heteroatoms. The van der Waals surface area contributed by atoms with Gasteiger partial charge in [0.1, 0.15) is 6.61 Å². The summed E-state index contributed by atoms with van der Waals surface area (Å²) in [6, 6.07) is 0. The summed E-state index contributed by atoms with van der Waals surface area (Å²) in [5.41, 5.74) is 5.29. The molecule has 0 spiro atoms. The number of ether oxygens (including phenoxy) is 3. The molecule has 0 aromatic rings. The number of methoxy groups -OCH3 is 1. The Bertz CT molecular complexity index is 239. The first-order chi connectivity index (χ1) is 8.75. The Balaban J connectivity index is 2.09. The molecule has 0 heterocycles. The zero-order valence-corrected chi connectivity index (χ0v) is 11.3. The summed E-state index contributed by atoms with van der Waals surface area (Å²) in [4.78, 5) is 12.0. The Morgan fingerprint density at radius 2 is 1.89 bits per heavy atom.